The number of benzene rings is 1. The topological polar surface area (TPSA) is 32.3 Å². The van der Waals surface area contributed by atoms with E-state index in [1.807, 2.05) is 6.07 Å². The number of rotatable bonds is 3. The van der Waals surface area contributed by atoms with Crippen molar-refractivity contribution in [3.8, 4) is 0 Å². The van der Waals surface area contributed by atoms with Crippen LogP contribution in [0.15, 0.2) is 18.2 Å². The second-order valence-electron chi connectivity index (χ2n) is 4.67. The predicted octanol–water partition coefficient (Wildman–Crippen LogP) is 3.01. The molecule has 0 bridgehead atoms. The Morgan fingerprint density at radius 2 is 2.12 bits per heavy atom. The minimum Gasteiger partial charge on any atom is -0.381 e. The summed E-state index contributed by atoms with van der Waals surface area (Å²) < 4.78 is 0. The van der Waals surface area contributed by atoms with Gasteiger partial charge in [-0.1, -0.05) is 11.6 Å². The molecule has 1 saturated carbocycles. The van der Waals surface area contributed by atoms with Gasteiger partial charge in [0.2, 0.25) is 0 Å². The Morgan fingerprint density at radius 3 is 2.65 bits per heavy atom. The summed E-state index contributed by atoms with van der Waals surface area (Å²) in [6, 6.07) is 5.89. The molecule has 1 amide bonds. The minimum atomic E-state index is -0.00155. The highest BCUT2D eigenvalue weighted by Crippen LogP contribution is 2.29. The van der Waals surface area contributed by atoms with E-state index < -0.39 is 0 Å². The summed E-state index contributed by atoms with van der Waals surface area (Å²) >= 11 is 6.12. The smallest absolute Gasteiger partial charge is 0.253 e. The number of hydrogen-bond donors (Lipinski definition) is 1. The van der Waals surface area contributed by atoms with Crippen molar-refractivity contribution in [2.75, 3.05) is 19.4 Å². The molecule has 3 nitrogen and oxygen atoms in total. The van der Waals surface area contributed by atoms with E-state index in [2.05, 4.69) is 5.32 Å². The van der Waals surface area contributed by atoms with Gasteiger partial charge in [0.25, 0.3) is 5.91 Å². The van der Waals surface area contributed by atoms with Crippen LogP contribution in [0.4, 0.5) is 5.69 Å². The number of nitrogens with one attached hydrogen (secondary N) is 1. The molecule has 0 atom stereocenters. The van der Waals surface area contributed by atoms with E-state index in [-0.39, 0.29) is 5.91 Å². The van der Waals surface area contributed by atoms with Crippen molar-refractivity contribution in [3.63, 3.8) is 0 Å². The maximum Gasteiger partial charge on any atom is 0.253 e. The lowest BCUT2D eigenvalue weighted by Gasteiger charge is -2.28. The zero-order chi connectivity index (χ0) is 12.4. The van der Waals surface area contributed by atoms with Gasteiger partial charge in [-0.25, -0.2) is 0 Å². The van der Waals surface area contributed by atoms with E-state index in [0.29, 0.717) is 16.6 Å². The number of carbonyl (C=O) groups is 1. The molecular formula is C13H17ClN2O. The number of anilines is 1. The van der Waals surface area contributed by atoms with Gasteiger partial charge in [0.05, 0.1) is 10.7 Å². The Bertz CT molecular complexity index is 427. The van der Waals surface area contributed by atoms with Gasteiger partial charge in [-0.05, 0) is 37.5 Å². The highest BCUT2D eigenvalue weighted by atomic mass is 35.5. The van der Waals surface area contributed by atoms with Crippen LogP contribution in [-0.2, 0) is 0 Å². The molecule has 0 spiro atoms. The molecule has 1 fully saturated rings. The lowest BCUT2D eigenvalue weighted by atomic mass is 9.93. The van der Waals surface area contributed by atoms with Crippen LogP contribution < -0.4 is 5.32 Å². The van der Waals surface area contributed by atoms with Crippen LogP contribution in [0.5, 0.6) is 0 Å². The zero-order valence-corrected chi connectivity index (χ0v) is 10.9. The first-order chi connectivity index (χ1) is 8.08. The highest BCUT2D eigenvalue weighted by Gasteiger charge is 2.18. The largest absolute Gasteiger partial charge is 0.381 e. The fourth-order valence-corrected chi connectivity index (χ4v) is 1.97. The second kappa shape index (κ2) is 4.96. The van der Waals surface area contributed by atoms with Crippen LogP contribution in [0.25, 0.3) is 0 Å². The van der Waals surface area contributed by atoms with Crippen LogP contribution in [-0.4, -0.2) is 30.9 Å². The number of halogens is 1. The zero-order valence-electron chi connectivity index (χ0n) is 10.2. The van der Waals surface area contributed by atoms with Crippen molar-refractivity contribution < 1.29 is 4.79 Å². The summed E-state index contributed by atoms with van der Waals surface area (Å²) in [5.74, 6) is -0.00155. The van der Waals surface area contributed by atoms with Gasteiger partial charge in [0, 0.05) is 25.7 Å². The van der Waals surface area contributed by atoms with E-state index >= 15 is 0 Å². The van der Waals surface area contributed by atoms with Gasteiger partial charge in [0.1, 0.15) is 0 Å². The molecule has 1 aromatic rings. The fourth-order valence-electron chi connectivity index (χ4n) is 1.80. The summed E-state index contributed by atoms with van der Waals surface area (Å²) in [5.41, 5.74) is 1.53. The monoisotopic (exact) mass is 252 g/mol. The molecule has 92 valence electrons. The molecule has 1 aromatic carbocycles. The Kier molecular flexibility index (Phi) is 3.57. The standard InChI is InChI=1S/C13H17ClN2O/c1-16(2)13(17)9-6-7-11(14)12(8-9)15-10-4-3-5-10/h6-8,10,15H,3-5H2,1-2H3. The normalized spacial score (nSPS) is 15.2. The number of carbonyl (C=O) groups excluding carboxylic acids is 1. The van der Waals surface area contributed by atoms with Crippen LogP contribution in [0.3, 0.4) is 0 Å². The number of amides is 1. The van der Waals surface area contributed by atoms with E-state index in [1.54, 1.807) is 31.1 Å². The van der Waals surface area contributed by atoms with Crippen LogP contribution >= 0.6 is 11.6 Å². The lowest BCUT2D eigenvalue weighted by Crippen LogP contribution is -2.27. The van der Waals surface area contributed by atoms with Gasteiger partial charge in [-0.2, -0.15) is 0 Å². The first-order valence-corrected chi connectivity index (χ1v) is 6.23. The maximum absolute atomic E-state index is 11.8. The summed E-state index contributed by atoms with van der Waals surface area (Å²) in [4.78, 5) is 13.4. The average Bonchev–Trinajstić information content (AvgIpc) is 2.24. The molecule has 17 heavy (non-hydrogen) atoms. The second-order valence-corrected chi connectivity index (χ2v) is 5.07. The summed E-state index contributed by atoms with van der Waals surface area (Å²) in [6.45, 7) is 0. The quantitative estimate of drug-likeness (QED) is 0.897. The average molecular weight is 253 g/mol. The molecule has 4 heteroatoms. The maximum atomic E-state index is 11.8. The SMILES string of the molecule is CN(C)C(=O)c1ccc(Cl)c(NC2CCC2)c1. The Morgan fingerprint density at radius 1 is 1.41 bits per heavy atom. The van der Waals surface area contributed by atoms with Crippen molar-refractivity contribution >= 4 is 23.2 Å². The summed E-state index contributed by atoms with van der Waals surface area (Å²) in [7, 11) is 3.49. The molecular weight excluding hydrogens is 236 g/mol. The molecule has 1 N–H and O–H groups in total. The molecule has 0 heterocycles. The van der Waals surface area contributed by atoms with Crippen LogP contribution in [0, 0.1) is 0 Å². The van der Waals surface area contributed by atoms with Gasteiger partial charge in [-0.3, -0.25) is 4.79 Å². The number of hydrogen-bond acceptors (Lipinski definition) is 2. The Labute approximate surface area is 107 Å². The van der Waals surface area contributed by atoms with Gasteiger partial charge >= 0.3 is 0 Å². The molecule has 2 rings (SSSR count). The van der Waals surface area contributed by atoms with Crippen molar-refractivity contribution in [2.45, 2.75) is 25.3 Å². The van der Waals surface area contributed by atoms with Crippen molar-refractivity contribution in [2.24, 2.45) is 0 Å². The predicted molar refractivity (Wildman–Crippen MR) is 70.7 cm³/mol. The third kappa shape index (κ3) is 2.72. The van der Waals surface area contributed by atoms with Crippen molar-refractivity contribution in [1.82, 2.24) is 4.90 Å². The number of nitrogens with zero attached hydrogens (tertiary/aromatic N) is 1. The van der Waals surface area contributed by atoms with Gasteiger partial charge in [0.15, 0.2) is 0 Å². The van der Waals surface area contributed by atoms with Gasteiger partial charge in [-0.15, -0.1) is 0 Å². The minimum absolute atomic E-state index is 0.00155. The molecule has 1 aliphatic rings. The fraction of sp³-hybridized carbons (Fsp3) is 0.462. The first kappa shape index (κ1) is 12.2. The molecule has 0 unspecified atom stereocenters. The molecule has 0 aliphatic heterocycles. The van der Waals surface area contributed by atoms with Crippen LogP contribution in [0.2, 0.25) is 5.02 Å². The van der Waals surface area contributed by atoms with E-state index in [4.69, 9.17) is 11.6 Å². The summed E-state index contributed by atoms with van der Waals surface area (Å²) in [5, 5.41) is 4.05. The first-order valence-electron chi connectivity index (χ1n) is 5.85. The third-order valence-electron chi connectivity index (χ3n) is 3.08. The molecule has 0 radical (unpaired) electrons. The van der Waals surface area contributed by atoms with Gasteiger partial charge < -0.3 is 10.2 Å². The third-order valence-corrected chi connectivity index (χ3v) is 3.41. The molecule has 0 aromatic heterocycles. The van der Waals surface area contributed by atoms with E-state index in [0.717, 1.165) is 5.69 Å². The van der Waals surface area contributed by atoms with Crippen molar-refractivity contribution in [3.05, 3.63) is 28.8 Å². The molecule has 1 aliphatic carbocycles. The molecule has 0 saturated heterocycles. The van der Waals surface area contributed by atoms with E-state index in [9.17, 15) is 4.79 Å². The Hall–Kier alpha value is -1.22. The van der Waals surface area contributed by atoms with E-state index in [1.165, 1.54) is 19.3 Å². The Balaban J connectivity index is 2.19. The highest BCUT2D eigenvalue weighted by molar-refractivity contribution is 6.33. The summed E-state index contributed by atoms with van der Waals surface area (Å²) in [6.07, 6.45) is 3.63. The lowest BCUT2D eigenvalue weighted by molar-refractivity contribution is 0.0827. The van der Waals surface area contributed by atoms with Crippen LogP contribution in [0.1, 0.15) is 29.6 Å². The van der Waals surface area contributed by atoms with Crippen molar-refractivity contribution in [1.29, 1.82) is 0 Å².